The summed E-state index contributed by atoms with van der Waals surface area (Å²) in [6, 6.07) is 16.4. The van der Waals surface area contributed by atoms with E-state index in [1.54, 1.807) is 0 Å². The monoisotopic (exact) mass is 447 g/mol. The van der Waals surface area contributed by atoms with E-state index >= 15 is 0 Å². The van der Waals surface area contributed by atoms with E-state index in [9.17, 15) is 9.59 Å². The third-order valence-electron chi connectivity index (χ3n) is 6.99. The molecule has 0 bridgehead atoms. The molecule has 33 heavy (non-hydrogen) atoms. The summed E-state index contributed by atoms with van der Waals surface area (Å²) in [5.74, 6) is 0.479. The molecule has 2 aromatic rings. The van der Waals surface area contributed by atoms with E-state index in [1.165, 1.54) is 22.3 Å². The van der Waals surface area contributed by atoms with Crippen LogP contribution in [0.1, 0.15) is 48.9 Å². The van der Waals surface area contributed by atoms with Crippen molar-refractivity contribution in [3.63, 3.8) is 0 Å². The van der Waals surface area contributed by atoms with E-state index in [0.717, 1.165) is 39.1 Å². The van der Waals surface area contributed by atoms with Crippen molar-refractivity contribution in [3.05, 3.63) is 70.8 Å². The van der Waals surface area contributed by atoms with E-state index in [4.69, 9.17) is 0 Å². The second-order valence-electron chi connectivity index (χ2n) is 9.99. The Morgan fingerprint density at radius 1 is 0.939 bits per heavy atom. The summed E-state index contributed by atoms with van der Waals surface area (Å²) in [5.41, 5.74) is 5.03. The standard InChI is InChI=1S/C28H37N3O2/c1-21(2)17-27(32)31-20-25-12-7-6-10-23(25)18-26(31)28(33)30-14-8-13-29(15-16-30)19-24-11-5-4-9-22(24)3/h4-7,9-12,21,26H,8,13-20H2,1-3H3. The van der Waals surface area contributed by atoms with Gasteiger partial charge in [0.05, 0.1) is 0 Å². The molecule has 1 unspecified atom stereocenters. The molecule has 5 nitrogen and oxygen atoms in total. The predicted octanol–water partition coefficient (Wildman–Crippen LogP) is 4.03. The van der Waals surface area contributed by atoms with E-state index in [1.807, 2.05) is 21.9 Å². The Hall–Kier alpha value is -2.66. The Bertz CT molecular complexity index is 987. The first-order chi connectivity index (χ1) is 15.9. The predicted molar refractivity (Wildman–Crippen MR) is 132 cm³/mol. The first kappa shape index (κ1) is 23.5. The van der Waals surface area contributed by atoms with Gasteiger partial charge in [-0.15, -0.1) is 0 Å². The number of benzene rings is 2. The molecule has 0 spiro atoms. The lowest BCUT2D eigenvalue weighted by Crippen LogP contribution is -2.54. The fourth-order valence-electron chi connectivity index (χ4n) is 5.06. The molecule has 0 saturated carbocycles. The molecule has 2 heterocycles. The summed E-state index contributed by atoms with van der Waals surface area (Å²) >= 11 is 0. The van der Waals surface area contributed by atoms with Gasteiger partial charge in [-0.3, -0.25) is 14.5 Å². The van der Waals surface area contributed by atoms with Gasteiger partial charge in [0.25, 0.3) is 0 Å². The maximum Gasteiger partial charge on any atom is 0.245 e. The zero-order valence-electron chi connectivity index (χ0n) is 20.3. The van der Waals surface area contributed by atoms with E-state index in [2.05, 4.69) is 62.1 Å². The van der Waals surface area contributed by atoms with E-state index in [-0.39, 0.29) is 17.7 Å². The Morgan fingerprint density at radius 3 is 2.42 bits per heavy atom. The molecule has 1 atom stereocenters. The largest absolute Gasteiger partial charge is 0.340 e. The fraction of sp³-hybridized carbons (Fsp3) is 0.500. The number of carbonyl (C=O) groups excluding carboxylic acids is 2. The number of aryl methyl sites for hydroxylation is 1. The van der Waals surface area contributed by atoms with Crippen LogP contribution in [0.5, 0.6) is 0 Å². The normalized spacial score (nSPS) is 19.3. The summed E-state index contributed by atoms with van der Waals surface area (Å²) in [6.07, 6.45) is 2.05. The summed E-state index contributed by atoms with van der Waals surface area (Å²) in [5, 5.41) is 0. The molecular weight excluding hydrogens is 410 g/mol. The van der Waals surface area contributed by atoms with Crippen LogP contribution in [0.25, 0.3) is 0 Å². The quantitative estimate of drug-likeness (QED) is 0.695. The summed E-state index contributed by atoms with van der Waals surface area (Å²) < 4.78 is 0. The van der Waals surface area contributed by atoms with Crippen LogP contribution in [0, 0.1) is 12.8 Å². The summed E-state index contributed by atoms with van der Waals surface area (Å²) in [6.45, 7) is 11.1. The average molecular weight is 448 g/mol. The zero-order valence-corrected chi connectivity index (χ0v) is 20.3. The van der Waals surface area contributed by atoms with Crippen LogP contribution < -0.4 is 0 Å². The van der Waals surface area contributed by atoms with Crippen molar-refractivity contribution in [1.82, 2.24) is 14.7 Å². The smallest absolute Gasteiger partial charge is 0.245 e. The number of amides is 2. The van der Waals surface area contributed by atoms with Crippen LogP contribution in [0.4, 0.5) is 0 Å². The SMILES string of the molecule is Cc1ccccc1CN1CCCN(C(=O)C2Cc3ccccc3CN2C(=O)CC(C)C)CC1. The molecule has 0 radical (unpaired) electrons. The number of nitrogens with zero attached hydrogens (tertiary/aromatic N) is 3. The molecule has 2 aliphatic heterocycles. The fourth-order valence-corrected chi connectivity index (χ4v) is 5.06. The summed E-state index contributed by atoms with van der Waals surface area (Å²) in [7, 11) is 0. The van der Waals surface area contributed by atoms with Gasteiger partial charge < -0.3 is 9.80 Å². The van der Waals surface area contributed by atoms with Crippen LogP contribution in [0.15, 0.2) is 48.5 Å². The van der Waals surface area contributed by atoms with Crippen molar-refractivity contribution in [3.8, 4) is 0 Å². The van der Waals surface area contributed by atoms with Gasteiger partial charge in [0.15, 0.2) is 0 Å². The molecule has 0 N–H and O–H groups in total. The van der Waals surface area contributed by atoms with Crippen molar-refractivity contribution >= 4 is 11.8 Å². The average Bonchev–Trinajstić information content (AvgIpc) is 3.04. The Morgan fingerprint density at radius 2 is 1.67 bits per heavy atom. The maximum atomic E-state index is 13.7. The van der Waals surface area contributed by atoms with Gasteiger partial charge in [0, 0.05) is 52.1 Å². The minimum absolute atomic E-state index is 0.0915. The van der Waals surface area contributed by atoms with Crippen molar-refractivity contribution in [2.45, 2.75) is 59.2 Å². The highest BCUT2D eigenvalue weighted by Gasteiger charge is 2.37. The molecule has 176 valence electrons. The van der Waals surface area contributed by atoms with Crippen LogP contribution in [0.2, 0.25) is 0 Å². The number of rotatable bonds is 5. The molecule has 2 aromatic carbocycles. The van der Waals surface area contributed by atoms with E-state index < -0.39 is 6.04 Å². The highest BCUT2D eigenvalue weighted by atomic mass is 16.2. The van der Waals surface area contributed by atoms with Crippen molar-refractivity contribution < 1.29 is 9.59 Å². The topological polar surface area (TPSA) is 43.9 Å². The first-order valence-corrected chi connectivity index (χ1v) is 12.3. The van der Waals surface area contributed by atoms with Crippen LogP contribution in [0.3, 0.4) is 0 Å². The van der Waals surface area contributed by atoms with Gasteiger partial charge in [-0.2, -0.15) is 0 Å². The van der Waals surface area contributed by atoms with Crippen molar-refractivity contribution in [2.24, 2.45) is 5.92 Å². The molecule has 4 rings (SSSR count). The molecule has 2 aliphatic rings. The number of carbonyl (C=O) groups is 2. The van der Waals surface area contributed by atoms with Gasteiger partial charge in [-0.25, -0.2) is 0 Å². The third-order valence-corrected chi connectivity index (χ3v) is 6.99. The number of hydrogen-bond donors (Lipinski definition) is 0. The molecule has 0 aliphatic carbocycles. The second-order valence-corrected chi connectivity index (χ2v) is 9.99. The van der Waals surface area contributed by atoms with Gasteiger partial charge >= 0.3 is 0 Å². The van der Waals surface area contributed by atoms with E-state index in [0.29, 0.717) is 19.4 Å². The van der Waals surface area contributed by atoms with Gasteiger partial charge in [0.2, 0.25) is 11.8 Å². The highest BCUT2D eigenvalue weighted by Crippen LogP contribution is 2.26. The van der Waals surface area contributed by atoms with Crippen molar-refractivity contribution in [1.29, 1.82) is 0 Å². The third kappa shape index (κ3) is 5.64. The molecular formula is C28H37N3O2. The molecule has 1 fully saturated rings. The highest BCUT2D eigenvalue weighted by molar-refractivity contribution is 5.88. The first-order valence-electron chi connectivity index (χ1n) is 12.3. The minimum Gasteiger partial charge on any atom is -0.340 e. The number of hydrogen-bond acceptors (Lipinski definition) is 3. The lowest BCUT2D eigenvalue weighted by atomic mass is 9.92. The summed E-state index contributed by atoms with van der Waals surface area (Å²) in [4.78, 5) is 33.2. The second kappa shape index (κ2) is 10.5. The lowest BCUT2D eigenvalue weighted by molar-refractivity contribution is -0.147. The molecule has 0 aromatic heterocycles. The lowest BCUT2D eigenvalue weighted by Gasteiger charge is -2.39. The zero-order chi connectivity index (χ0) is 23.4. The molecule has 1 saturated heterocycles. The Kier molecular flexibility index (Phi) is 7.49. The maximum absolute atomic E-state index is 13.7. The minimum atomic E-state index is -0.394. The van der Waals surface area contributed by atoms with Gasteiger partial charge in [-0.05, 0) is 41.5 Å². The van der Waals surface area contributed by atoms with Crippen LogP contribution in [-0.2, 0) is 29.1 Å². The van der Waals surface area contributed by atoms with Crippen LogP contribution in [-0.4, -0.2) is 58.7 Å². The molecule has 5 heteroatoms. The Balaban J connectivity index is 1.46. The van der Waals surface area contributed by atoms with Crippen molar-refractivity contribution in [2.75, 3.05) is 26.2 Å². The number of fused-ring (bicyclic) bond motifs is 1. The van der Waals surface area contributed by atoms with Gasteiger partial charge in [-0.1, -0.05) is 62.4 Å². The Labute approximate surface area is 198 Å². The molecule has 2 amide bonds. The van der Waals surface area contributed by atoms with Crippen LogP contribution >= 0.6 is 0 Å². The van der Waals surface area contributed by atoms with Gasteiger partial charge in [0.1, 0.15) is 6.04 Å².